The fourth-order valence-electron chi connectivity index (χ4n) is 2.22. The summed E-state index contributed by atoms with van der Waals surface area (Å²) in [6.45, 7) is 0. The van der Waals surface area contributed by atoms with Crippen LogP contribution in [0, 0.1) is 0 Å². The van der Waals surface area contributed by atoms with Crippen LogP contribution in [-0.2, 0) is 10.0 Å². The summed E-state index contributed by atoms with van der Waals surface area (Å²) in [6.07, 6.45) is 0. The van der Waals surface area contributed by atoms with E-state index < -0.39 is 21.8 Å². The second-order valence-corrected chi connectivity index (χ2v) is 7.30. The molecule has 2 N–H and O–H groups in total. The molecule has 0 saturated heterocycles. The van der Waals surface area contributed by atoms with Crippen molar-refractivity contribution in [2.24, 2.45) is 5.73 Å². The fraction of sp³-hybridized carbons (Fsp3) is 0. The van der Waals surface area contributed by atoms with Crippen molar-refractivity contribution in [2.45, 2.75) is 4.90 Å². The molecule has 1 aliphatic rings. The maximum absolute atomic E-state index is 12.6. The van der Waals surface area contributed by atoms with E-state index in [4.69, 9.17) is 5.73 Å². The molecule has 0 atom stereocenters. The molecule has 0 spiro atoms. The molecule has 8 heteroatoms. The third-order valence-corrected chi connectivity index (χ3v) is 5.54. The molecule has 112 valence electrons. The lowest BCUT2D eigenvalue weighted by Crippen LogP contribution is -2.29. The number of nitrogens with zero attached hydrogens (tertiary/aromatic N) is 1. The minimum Gasteiger partial charge on any atom is -0.366 e. The molecule has 0 unspecified atom stereocenters. The van der Waals surface area contributed by atoms with Crippen molar-refractivity contribution in [1.82, 2.24) is 0 Å². The summed E-state index contributed by atoms with van der Waals surface area (Å²) in [5.41, 5.74) is 5.44. The van der Waals surface area contributed by atoms with Crippen molar-refractivity contribution in [3.05, 3.63) is 58.1 Å². The normalized spacial score (nSPS) is 15.7. The van der Waals surface area contributed by atoms with E-state index >= 15 is 0 Å². The summed E-state index contributed by atoms with van der Waals surface area (Å²) in [4.78, 5) is 23.4. The first-order valence-corrected chi connectivity index (χ1v) is 8.35. The Morgan fingerprint density at radius 2 is 1.73 bits per heavy atom. The van der Waals surface area contributed by atoms with Crippen molar-refractivity contribution >= 4 is 43.5 Å². The van der Waals surface area contributed by atoms with E-state index in [1.54, 1.807) is 12.1 Å². The highest BCUT2D eigenvalue weighted by atomic mass is 79.9. The summed E-state index contributed by atoms with van der Waals surface area (Å²) >= 11 is 3.25. The van der Waals surface area contributed by atoms with E-state index in [0.717, 1.165) is 14.8 Å². The van der Waals surface area contributed by atoms with E-state index in [2.05, 4.69) is 15.9 Å². The zero-order valence-electron chi connectivity index (χ0n) is 11.0. The van der Waals surface area contributed by atoms with Gasteiger partial charge in [-0.25, -0.2) is 8.42 Å². The lowest BCUT2D eigenvalue weighted by molar-refractivity contribution is 0.0991. The number of sulfonamides is 1. The van der Waals surface area contributed by atoms with E-state index in [1.807, 2.05) is 0 Å². The molecular formula is C14H9BrN2O4S. The van der Waals surface area contributed by atoms with Crippen molar-refractivity contribution in [3.63, 3.8) is 0 Å². The standard InChI is InChI=1S/C14H9BrN2O4S/c15-9-2-4-10(5-3-9)17-14(19)11-6-1-8(13(16)18)7-12(11)22(17,20)21/h1-7H,(H2,16,18). The zero-order valence-corrected chi connectivity index (χ0v) is 13.4. The predicted molar refractivity (Wildman–Crippen MR) is 83.1 cm³/mol. The topological polar surface area (TPSA) is 97.5 Å². The van der Waals surface area contributed by atoms with Crippen LogP contribution >= 0.6 is 15.9 Å². The van der Waals surface area contributed by atoms with E-state index in [0.29, 0.717) is 0 Å². The molecule has 2 aromatic carbocycles. The third-order valence-electron chi connectivity index (χ3n) is 3.26. The number of nitrogens with two attached hydrogens (primary N) is 1. The summed E-state index contributed by atoms with van der Waals surface area (Å²) < 4.78 is 26.7. The second-order valence-electron chi connectivity index (χ2n) is 4.63. The molecule has 0 saturated carbocycles. The van der Waals surface area contributed by atoms with E-state index in [-0.39, 0.29) is 21.7 Å². The number of primary amides is 1. The number of hydrogen-bond acceptors (Lipinski definition) is 4. The lowest BCUT2D eigenvalue weighted by Gasteiger charge is -2.14. The van der Waals surface area contributed by atoms with Crippen LogP contribution in [0.1, 0.15) is 20.7 Å². The lowest BCUT2D eigenvalue weighted by atomic mass is 10.1. The number of fused-ring (bicyclic) bond motifs is 1. The van der Waals surface area contributed by atoms with E-state index in [1.165, 1.54) is 24.3 Å². The Bertz CT molecular complexity index is 907. The van der Waals surface area contributed by atoms with Gasteiger partial charge in [0.1, 0.15) is 4.90 Å². The largest absolute Gasteiger partial charge is 0.366 e. The number of benzene rings is 2. The molecule has 0 radical (unpaired) electrons. The Labute approximate surface area is 134 Å². The van der Waals surface area contributed by atoms with Crippen molar-refractivity contribution in [3.8, 4) is 0 Å². The molecule has 2 amide bonds. The maximum Gasteiger partial charge on any atom is 0.273 e. The molecule has 0 bridgehead atoms. The van der Waals surface area contributed by atoms with E-state index in [9.17, 15) is 18.0 Å². The van der Waals surface area contributed by atoms with Gasteiger partial charge in [0.2, 0.25) is 5.91 Å². The highest BCUT2D eigenvalue weighted by Gasteiger charge is 2.42. The number of amides is 2. The molecule has 3 rings (SSSR count). The first-order valence-electron chi connectivity index (χ1n) is 6.11. The third kappa shape index (κ3) is 2.11. The fourth-order valence-corrected chi connectivity index (χ4v) is 4.10. The Balaban J connectivity index is 2.19. The van der Waals surface area contributed by atoms with Gasteiger partial charge in [-0.1, -0.05) is 15.9 Å². The van der Waals surface area contributed by atoms with Gasteiger partial charge in [0.15, 0.2) is 0 Å². The van der Waals surface area contributed by atoms with Crippen LogP contribution < -0.4 is 10.0 Å². The molecule has 0 fully saturated rings. The van der Waals surface area contributed by atoms with Crippen molar-refractivity contribution < 1.29 is 18.0 Å². The van der Waals surface area contributed by atoms with Crippen molar-refractivity contribution in [2.75, 3.05) is 4.31 Å². The number of halogens is 1. The second kappa shape index (κ2) is 4.92. The van der Waals surface area contributed by atoms with Gasteiger partial charge >= 0.3 is 0 Å². The monoisotopic (exact) mass is 380 g/mol. The first-order chi connectivity index (χ1) is 10.3. The predicted octanol–water partition coefficient (Wildman–Crippen LogP) is 1.90. The van der Waals surface area contributed by atoms with Crippen molar-refractivity contribution in [1.29, 1.82) is 0 Å². The van der Waals surface area contributed by atoms with Crippen LogP contribution in [0.4, 0.5) is 5.69 Å². The van der Waals surface area contributed by atoms with Crippen LogP contribution in [0.2, 0.25) is 0 Å². The summed E-state index contributed by atoms with van der Waals surface area (Å²) in [5.74, 6) is -1.42. The number of carbonyl (C=O) groups excluding carboxylic acids is 2. The Hall–Kier alpha value is -2.19. The number of anilines is 1. The minimum atomic E-state index is -4.06. The smallest absolute Gasteiger partial charge is 0.273 e. The molecule has 6 nitrogen and oxygen atoms in total. The highest BCUT2D eigenvalue weighted by Crippen LogP contribution is 2.35. The quantitative estimate of drug-likeness (QED) is 0.859. The number of hydrogen-bond donors (Lipinski definition) is 1. The Morgan fingerprint density at radius 3 is 2.32 bits per heavy atom. The van der Waals surface area contributed by atoms with Gasteiger partial charge in [0.25, 0.3) is 15.9 Å². The van der Waals surface area contributed by atoms with Crippen LogP contribution in [-0.4, -0.2) is 20.2 Å². The Kier molecular flexibility index (Phi) is 3.30. The molecule has 1 heterocycles. The molecule has 2 aromatic rings. The van der Waals surface area contributed by atoms with Gasteiger partial charge < -0.3 is 5.73 Å². The molecule has 1 aliphatic heterocycles. The van der Waals surface area contributed by atoms with Gasteiger partial charge in [-0.3, -0.25) is 9.59 Å². The van der Waals surface area contributed by atoms with Gasteiger partial charge in [-0.15, -0.1) is 0 Å². The summed E-state index contributed by atoms with van der Waals surface area (Å²) in [7, 11) is -4.06. The number of carbonyl (C=O) groups is 2. The van der Waals surface area contributed by atoms with Gasteiger partial charge in [0.05, 0.1) is 11.3 Å². The zero-order chi connectivity index (χ0) is 16.1. The molecule has 0 aromatic heterocycles. The Morgan fingerprint density at radius 1 is 1.09 bits per heavy atom. The van der Waals surface area contributed by atoms with Crippen LogP contribution in [0.15, 0.2) is 51.8 Å². The maximum atomic E-state index is 12.6. The number of rotatable bonds is 2. The summed E-state index contributed by atoms with van der Waals surface area (Å²) in [6, 6.07) is 10.1. The first kappa shape index (κ1) is 14.7. The average Bonchev–Trinajstić information content (AvgIpc) is 2.67. The average molecular weight is 381 g/mol. The highest BCUT2D eigenvalue weighted by molar-refractivity contribution is 9.10. The van der Waals surface area contributed by atoms with Gasteiger partial charge in [-0.05, 0) is 42.5 Å². The molecule has 22 heavy (non-hydrogen) atoms. The SMILES string of the molecule is NC(=O)c1ccc2c(c1)S(=O)(=O)N(c1ccc(Br)cc1)C2=O. The summed E-state index contributed by atoms with van der Waals surface area (Å²) in [5, 5.41) is 0. The van der Waals surface area contributed by atoms with Crippen LogP contribution in [0.5, 0.6) is 0 Å². The van der Waals surface area contributed by atoms with Gasteiger partial charge in [-0.2, -0.15) is 4.31 Å². The van der Waals surface area contributed by atoms with Crippen LogP contribution in [0.3, 0.4) is 0 Å². The minimum absolute atomic E-state index is 0.0212. The molecule has 0 aliphatic carbocycles. The van der Waals surface area contributed by atoms with Crippen LogP contribution in [0.25, 0.3) is 0 Å². The molecular weight excluding hydrogens is 372 g/mol. The van der Waals surface area contributed by atoms with Gasteiger partial charge in [0, 0.05) is 10.0 Å².